The third-order valence-corrected chi connectivity index (χ3v) is 3.24. The number of rotatable bonds is 4. The van der Waals surface area contributed by atoms with E-state index in [0.717, 1.165) is 17.7 Å². The number of ether oxygens (including phenoxy) is 1. The molecule has 0 aliphatic carbocycles. The van der Waals surface area contributed by atoms with Crippen LogP contribution in [0.3, 0.4) is 0 Å². The van der Waals surface area contributed by atoms with E-state index in [2.05, 4.69) is 6.07 Å². The maximum atomic E-state index is 9.07. The van der Waals surface area contributed by atoms with Gasteiger partial charge in [0.05, 0.1) is 19.1 Å². The predicted molar refractivity (Wildman–Crippen MR) is 68.8 cm³/mol. The van der Waals surface area contributed by atoms with Crippen LogP contribution in [0.5, 0.6) is 5.75 Å². The molecule has 1 rings (SSSR count). The summed E-state index contributed by atoms with van der Waals surface area (Å²) in [5.41, 5.74) is 9.41. The van der Waals surface area contributed by atoms with E-state index in [-0.39, 0.29) is 12.0 Å². The van der Waals surface area contributed by atoms with Crippen LogP contribution < -0.4 is 10.5 Å². The van der Waals surface area contributed by atoms with E-state index in [9.17, 15) is 0 Å². The van der Waals surface area contributed by atoms with Crippen LogP contribution in [-0.4, -0.2) is 7.11 Å². The molecule has 0 spiro atoms. The van der Waals surface area contributed by atoms with Gasteiger partial charge in [-0.1, -0.05) is 13.0 Å². The van der Waals surface area contributed by atoms with Gasteiger partial charge < -0.3 is 10.5 Å². The molecule has 17 heavy (non-hydrogen) atoms. The predicted octanol–water partition coefficient (Wildman–Crippen LogP) is 2.86. The van der Waals surface area contributed by atoms with Crippen LogP contribution in [0.1, 0.15) is 36.1 Å². The molecule has 0 amide bonds. The number of methoxy groups -OCH3 is 1. The minimum Gasteiger partial charge on any atom is -0.496 e. The molecule has 0 aliphatic heterocycles. The zero-order valence-electron chi connectivity index (χ0n) is 10.9. The number of nitrogens with zero attached hydrogens (tertiary/aromatic N) is 1. The first-order valence-electron chi connectivity index (χ1n) is 5.85. The monoisotopic (exact) mass is 232 g/mol. The molecule has 1 aromatic carbocycles. The van der Waals surface area contributed by atoms with Crippen molar-refractivity contribution in [2.24, 2.45) is 11.7 Å². The van der Waals surface area contributed by atoms with E-state index in [1.54, 1.807) is 7.11 Å². The van der Waals surface area contributed by atoms with Crippen molar-refractivity contribution < 1.29 is 4.74 Å². The van der Waals surface area contributed by atoms with Crippen molar-refractivity contribution in [3.8, 4) is 11.8 Å². The Bertz CT molecular complexity index is 435. The van der Waals surface area contributed by atoms with Crippen LogP contribution in [-0.2, 0) is 0 Å². The Kier molecular flexibility index (Phi) is 4.53. The quantitative estimate of drug-likeness (QED) is 0.868. The highest BCUT2D eigenvalue weighted by atomic mass is 16.5. The van der Waals surface area contributed by atoms with Gasteiger partial charge in [0.15, 0.2) is 0 Å². The lowest BCUT2D eigenvalue weighted by atomic mass is 9.90. The fraction of sp³-hybridized carbons (Fsp3) is 0.500. The Morgan fingerprint density at radius 3 is 2.41 bits per heavy atom. The number of benzene rings is 1. The van der Waals surface area contributed by atoms with E-state index in [0.29, 0.717) is 0 Å². The standard InChI is InChI=1S/C14H20N2O/c1-5-11(8-15)14(16)12-6-9(2)10(3)7-13(12)17-4/h6-7,11,14H,5,16H2,1-4H3. The second-order valence-electron chi connectivity index (χ2n) is 4.35. The number of hydrogen-bond acceptors (Lipinski definition) is 3. The van der Waals surface area contributed by atoms with Gasteiger partial charge in [-0.3, -0.25) is 0 Å². The fourth-order valence-electron chi connectivity index (χ4n) is 1.89. The third kappa shape index (κ3) is 2.78. The first kappa shape index (κ1) is 13.5. The Hall–Kier alpha value is -1.53. The van der Waals surface area contributed by atoms with Gasteiger partial charge in [-0.05, 0) is 37.5 Å². The molecule has 3 heteroatoms. The van der Waals surface area contributed by atoms with E-state index in [1.165, 1.54) is 11.1 Å². The minimum atomic E-state index is -0.292. The minimum absolute atomic E-state index is 0.175. The molecule has 2 atom stereocenters. The van der Waals surface area contributed by atoms with Crippen molar-refractivity contribution >= 4 is 0 Å². The molecule has 1 aromatic rings. The lowest BCUT2D eigenvalue weighted by Gasteiger charge is -2.20. The van der Waals surface area contributed by atoms with Crippen molar-refractivity contribution in [3.05, 3.63) is 28.8 Å². The lowest BCUT2D eigenvalue weighted by molar-refractivity contribution is 0.397. The first-order chi connectivity index (χ1) is 8.04. The van der Waals surface area contributed by atoms with Crippen LogP contribution in [0.15, 0.2) is 12.1 Å². The van der Waals surface area contributed by atoms with Crippen LogP contribution in [0.25, 0.3) is 0 Å². The second kappa shape index (κ2) is 5.70. The van der Waals surface area contributed by atoms with Gasteiger partial charge >= 0.3 is 0 Å². The van der Waals surface area contributed by atoms with Gasteiger partial charge in [-0.25, -0.2) is 0 Å². The molecule has 0 fully saturated rings. The molecule has 92 valence electrons. The molecule has 0 heterocycles. The topological polar surface area (TPSA) is 59.0 Å². The summed E-state index contributed by atoms with van der Waals surface area (Å²) in [6.07, 6.45) is 0.744. The molecule has 0 bridgehead atoms. The summed E-state index contributed by atoms with van der Waals surface area (Å²) in [7, 11) is 1.63. The molecule has 0 aromatic heterocycles. The average molecular weight is 232 g/mol. The first-order valence-corrected chi connectivity index (χ1v) is 5.85. The summed E-state index contributed by atoms with van der Waals surface area (Å²) >= 11 is 0. The molecule has 0 saturated carbocycles. The van der Waals surface area contributed by atoms with Gasteiger partial charge in [-0.15, -0.1) is 0 Å². The van der Waals surface area contributed by atoms with Crippen LogP contribution in [0.4, 0.5) is 0 Å². The van der Waals surface area contributed by atoms with E-state index < -0.39 is 0 Å². The number of aryl methyl sites for hydroxylation is 2. The summed E-state index contributed by atoms with van der Waals surface area (Å²) in [6.45, 7) is 6.05. The van der Waals surface area contributed by atoms with Crippen molar-refractivity contribution in [1.82, 2.24) is 0 Å². The van der Waals surface area contributed by atoms with E-state index >= 15 is 0 Å². The number of nitrogens with two attached hydrogens (primary N) is 1. The summed E-state index contributed by atoms with van der Waals surface area (Å²) in [5.74, 6) is 0.598. The SMILES string of the molecule is CCC(C#N)C(N)c1cc(C)c(C)cc1OC. The zero-order valence-corrected chi connectivity index (χ0v) is 10.9. The Labute approximate surface area is 103 Å². The van der Waals surface area contributed by atoms with Crippen LogP contribution in [0.2, 0.25) is 0 Å². The average Bonchev–Trinajstić information content (AvgIpc) is 2.33. The highest BCUT2D eigenvalue weighted by Crippen LogP contribution is 2.31. The fourth-order valence-corrected chi connectivity index (χ4v) is 1.89. The van der Waals surface area contributed by atoms with Gasteiger partial charge in [-0.2, -0.15) is 5.26 Å². The zero-order chi connectivity index (χ0) is 13.0. The second-order valence-corrected chi connectivity index (χ2v) is 4.35. The highest BCUT2D eigenvalue weighted by Gasteiger charge is 2.21. The Balaban J connectivity index is 3.21. The van der Waals surface area contributed by atoms with Crippen LogP contribution in [0, 0.1) is 31.1 Å². The van der Waals surface area contributed by atoms with E-state index in [1.807, 2.05) is 32.9 Å². The molecule has 0 aliphatic rings. The maximum Gasteiger partial charge on any atom is 0.123 e. The van der Waals surface area contributed by atoms with Crippen molar-refractivity contribution in [1.29, 1.82) is 5.26 Å². The normalized spacial score (nSPS) is 13.9. The van der Waals surface area contributed by atoms with Crippen LogP contribution >= 0.6 is 0 Å². The smallest absolute Gasteiger partial charge is 0.123 e. The number of nitriles is 1. The molecular formula is C14H20N2O. The van der Waals surface area contributed by atoms with E-state index in [4.69, 9.17) is 15.7 Å². The molecular weight excluding hydrogens is 212 g/mol. The highest BCUT2D eigenvalue weighted by molar-refractivity contribution is 5.44. The van der Waals surface area contributed by atoms with Crippen molar-refractivity contribution in [2.75, 3.05) is 7.11 Å². The van der Waals surface area contributed by atoms with Crippen molar-refractivity contribution in [3.63, 3.8) is 0 Å². The summed E-state index contributed by atoms with van der Waals surface area (Å²) in [6, 6.07) is 5.97. The largest absolute Gasteiger partial charge is 0.496 e. The summed E-state index contributed by atoms with van der Waals surface area (Å²) < 4.78 is 5.35. The Morgan fingerprint density at radius 1 is 1.35 bits per heavy atom. The maximum absolute atomic E-state index is 9.07. The molecule has 0 radical (unpaired) electrons. The van der Waals surface area contributed by atoms with Gasteiger partial charge in [0.1, 0.15) is 5.75 Å². The lowest BCUT2D eigenvalue weighted by Crippen LogP contribution is -2.20. The molecule has 3 nitrogen and oxygen atoms in total. The summed E-state index contributed by atoms with van der Waals surface area (Å²) in [5, 5.41) is 9.07. The third-order valence-electron chi connectivity index (χ3n) is 3.24. The molecule has 2 N–H and O–H groups in total. The van der Waals surface area contributed by atoms with Gasteiger partial charge in [0, 0.05) is 11.6 Å². The van der Waals surface area contributed by atoms with Gasteiger partial charge in [0.25, 0.3) is 0 Å². The Morgan fingerprint density at radius 2 is 1.94 bits per heavy atom. The summed E-state index contributed by atoms with van der Waals surface area (Å²) in [4.78, 5) is 0. The molecule has 0 saturated heterocycles. The van der Waals surface area contributed by atoms with Crippen molar-refractivity contribution in [2.45, 2.75) is 33.2 Å². The molecule has 2 unspecified atom stereocenters. The van der Waals surface area contributed by atoms with Gasteiger partial charge in [0.2, 0.25) is 0 Å². The number of hydrogen-bond donors (Lipinski definition) is 1.